The number of hydrogen-bond acceptors (Lipinski definition) is 3. The van der Waals surface area contributed by atoms with Crippen LogP contribution in [0.2, 0.25) is 0 Å². The molecule has 1 aliphatic rings. The van der Waals surface area contributed by atoms with Crippen LogP contribution in [0.25, 0.3) is 0 Å². The molecule has 102 valence electrons. The topological polar surface area (TPSA) is 98.7 Å². The Morgan fingerprint density at radius 1 is 1.61 bits per heavy atom. The van der Waals surface area contributed by atoms with E-state index in [9.17, 15) is 14.4 Å². The summed E-state index contributed by atoms with van der Waals surface area (Å²) in [5.41, 5.74) is 0. The Labute approximate surface area is 106 Å². The van der Waals surface area contributed by atoms with Crippen LogP contribution in [-0.4, -0.2) is 53.1 Å². The lowest BCUT2D eigenvalue weighted by molar-refractivity contribution is -0.137. The molecule has 7 nitrogen and oxygen atoms in total. The fraction of sp³-hybridized carbons (Fsp3) is 0.727. The van der Waals surface area contributed by atoms with E-state index in [1.165, 1.54) is 4.90 Å². The third-order valence-electron chi connectivity index (χ3n) is 2.92. The lowest BCUT2D eigenvalue weighted by Gasteiger charge is -2.33. The molecule has 1 rings (SSSR count). The third kappa shape index (κ3) is 3.90. The maximum Gasteiger partial charge on any atom is 0.318 e. The number of nitrogens with zero attached hydrogens (tertiary/aromatic N) is 1. The van der Waals surface area contributed by atoms with Gasteiger partial charge in [0.05, 0.1) is 0 Å². The van der Waals surface area contributed by atoms with Gasteiger partial charge in [-0.3, -0.25) is 9.59 Å². The largest absolute Gasteiger partial charge is 0.481 e. The standard InChI is InChI=1S/C11H19N3O4/c1-7(3-4-9(15)16)13-11(18)14-6-5-12-10(17)8(14)2/h7-8H,3-6H2,1-2H3,(H,12,17)(H,13,18)(H,15,16). The predicted octanol–water partition coefficient (Wildman–Crippen LogP) is -0.230. The van der Waals surface area contributed by atoms with E-state index in [4.69, 9.17) is 5.11 Å². The highest BCUT2D eigenvalue weighted by Crippen LogP contribution is 2.05. The first kappa shape index (κ1) is 14.3. The van der Waals surface area contributed by atoms with Gasteiger partial charge in [0, 0.05) is 25.6 Å². The quantitative estimate of drug-likeness (QED) is 0.647. The Balaban J connectivity index is 2.44. The number of carboxylic acid groups (broad SMARTS) is 1. The number of carbonyl (C=O) groups excluding carboxylic acids is 2. The lowest BCUT2D eigenvalue weighted by Crippen LogP contribution is -2.59. The monoisotopic (exact) mass is 257 g/mol. The van der Waals surface area contributed by atoms with Gasteiger partial charge in [-0.25, -0.2) is 4.79 Å². The van der Waals surface area contributed by atoms with Crippen molar-refractivity contribution in [3.63, 3.8) is 0 Å². The SMILES string of the molecule is CC(CCC(=O)O)NC(=O)N1CCNC(=O)C1C. The number of piperazine rings is 1. The molecule has 0 aromatic rings. The molecule has 0 saturated carbocycles. The number of carboxylic acids is 1. The molecule has 0 aromatic heterocycles. The highest BCUT2D eigenvalue weighted by atomic mass is 16.4. The van der Waals surface area contributed by atoms with E-state index in [0.29, 0.717) is 19.5 Å². The Hall–Kier alpha value is -1.79. The molecule has 7 heteroatoms. The molecule has 2 atom stereocenters. The van der Waals surface area contributed by atoms with E-state index in [-0.39, 0.29) is 24.4 Å². The van der Waals surface area contributed by atoms with E-state index in [2.05, 4.69) is 10.6 Å². The first-order chi connectivity index (χ1) is 8.41. The second-order valence-electron chi connectivity index (χ2n) is 4.44. The Bertz CT molecular complexity index is 345. The average Bonchev–Trinajstić information content (AvgIpc) is 2.30. The van der Waals surface area contributed by atoms with Gasteiger partial charge in [-0.15, -0.1) is 0 Å². The molecule has 0 spiro atoms. The molecule has 0 aliphatic carbocycles. The van der Waals surface area contributed by atoms with Gasteiger partial charge in [0.1, 0.15) is 6.04 Å². The number of aliphatic carboxylic acids is 1. The molecule has 0 radical (unpaired) electrons. The highest BCUT2D eigenvalue weighted by Gasteiger charge is 2.29. The summed E-state index contributed by atoms with van der Waals surface area (Å²) in [5, 5.41) is 13.9. The minimum Gasteiger partial charge on any atom is -0.481 e. The number of urea groups is 1. The fourth-order valence-corrected chi connectivity index (χ4v) is 1.77. The molecule has 1 fully saturated rings. The zero-order valence-corrected chi connectivity index (χ0v) is 10.6. The summed E-state index contributed by atoms with van der Waals surface area (Å²) in [6.07, 6.45) is 0.382. The van der Waals surface area contributed by atoms with Gasteiger partial charge in [-0.05, 0) is 20.3 Å². The third-order valence-corrected chi connectivity index (χ3v) is 2.92. The number of nitrogens with one attached hydrogen (secondary N) is 2. The minimum absolute atomic E-state index is 0.0114. The molecule has 1 saturated heterocycles. The summed E-state index contributed by atoms with van der Waals surface area (Å²) in [5.74, 6) is -1.06. The van der Waals surface area contributed by atoms with Crippen molar-refractivity contribution in [1.29, 1.82) is 0 Å². The van der Waals surface area contributed by atoms with Crippen molar-refractivity contribution in [3.05, 3.63) is 0 Å². The molecular formula is C11H19N3O4. The number of rotatable bonds is 4. The van der Waals surface area contributed by atoms with Gasteiger partial charge in [-0.2, -0.15) is 0 Å². The van der Waals surface area contributed by atoms with E-state index in [0.717, 1.165) is 0 Å². The van der Waals surface area contributed by atoms with Crippen LogP contribution < -0.4 is 10.6 Å². The summed E-state index contributed by atoms with van der Waals surface area (Å²) < 4.78 is 0. The van der Waals surface area contributed by atoms with Gasteiger partial charge in [0.15, 0.2) is 0 Å². The fourth-order valence-electron chi connectivity index (χ4n) is 1.77. The lowest BCUT2D eigenvalue weighted by atomic mass is 10.2. The number of carbonyl (C=O) groups is 3. The van der Waals surface area contributed by atoms with E-state index in [1.807, 2.05) is 0 Å². The van der Waals surface area contributed by atoms with Gasteiger partial charge >= 0.3 is 12.0 Å². The highest BCUT2D eigenvalue weighted by molar-refractivity contribution is 5.87. The minimum atomic E-state index is -0.887. The van der Waals surface area contributed by atoms with Crippen molar-refractivity contribution in [2.75, 3.05) is 13.1 Å². The molecule has 3 N–H and O–H groups in total. The van der Waals surface area contributed by atoms with Crippen LogP contribution in [0, 0.1) is 0 Å². The molecule has 0 bridgehead atoms. The van der Waals surface area contributed by atoms with Crippen molar-refractivity contribution in [2.45, 2.75) is 38.8 Å². The van der Waals surface area contributed by atoms with Crippen molar-refractivity contribution in [1.82, 2.24) is 15.5 Å². The van der Waals surface area contributed by atoms with Crippen LogP contribution in [0.15, 0.2) is 0 Å². The molecular weight excluding hydrogens is 238 g/mol. The molecule has 3 amide bonds. The van der Waals surface area contributed by atoms with Crippen molar-refractivity contribution in [2.24, 2.45) is 0 Å². The zero-order valence-electron chi connectivity index (χ0n) is 10.6. The second-order valence-corrected chi connectivity index (χ2v) is 4.44. The molecule has 1 aliphatic heterocycles. The Kier molecular flexibility index (Phi) is 4.94. The van der Waals surface area contributed by atoms with Gasteiger partial charge < -0.3 is 20.6 Å². The van der Waals surface area contributed by atoms with Crippen LogP contribution in [0.3, 0.4) is 0 Å². The van der Waals surface area contributed by atoms with Crippen LogP contribution in [-0.2, 0) is 9.59 Å². The van der Waals surface area contributed by atoms with E-state index >= 15 is 0 Å². The average molecular weight is 257 g/mol. The summed E-state index contributed by atoms with van der Waals surface area (Å²) in [4.78, 5) is 35.2. The second kappa shape index (κ2) is 6.23. The summed E-state index contributed by atoms with van der Waals surface area (Å²) in [6, 6.07) is -1.05. The molecule has 2 unspecified atom stereocenters. The smallest absolute Gasteiger partial charge is 0.318 e. The summed E-state index contributed by atoms with van der Waals surface area (Å²) >= 11 is 0. The van der Waals surface area contributed by atoms with Gasteiger partial charge in [0.2, 0.25) is 5.91 Å². The van der Waals surface area contributed by atoms with Crippen LogP contribution in [0.1, 0.15) is 26.7 Å². The van der Waals surface area contributed by atoms with Crippen LogP contribution in [0.5, 0.6) is 0 Å². The summed E-state index contributed by atoms with van der Waals surface area (Å²) in [7, 11) is 0. The predicted molar refractivity (Wildman–Crippen MR) is 64.0 cm³/mol. The maximum absolute atomic E-state index is 11.9. The Morgan fingerprint density at radius 2 is 2.28 bits per heavy atom. The van der Waals surface area contributed by atoms with Crippen LogP contribution >= 0.6 is 0 Å². The number of hydrogen-bond donors (Lipinski definition) is 3. The normalized spacial score (nSPS) is 21.1. The first-order valence-corrected chi connectivity index (χ1v) is 5.98. The molecule has 0 aromatic carbocycles. The van der Waals surface area contributed by atoms with Crippen molar-refractivity contribution < 1.29 is 19.5 Å². The van der Waals surface area contributed by atoms with Crippen LogP contribution in [0.4, 0.5) is 4.79 Å². The number of amides is 3. The van der Waals surface area contributed by atoms with E-state index < -0.39 is 12.0 Å². The van der Waals surface area contributed by atoms with Gasteiger partial charge in [-0.1, -0.05) is 0 Å². The zero-order chi connectivity index (χ0) is 13.7. The van der Waals surface area contributed by atoms with E-state index in [1.54, 1.807) is 13.8 Å². The van der Waals surface area contributed by atoms with Crippen molar-refractivity contribution in [3.8, 4) is 0 Å². The van der Waals surface area contributed by atoms with Crippen molar-refractivity contribution >= 4 is 17.9 Å². The first-order valence-electron chi connectivity index (χ1n) is 5.98. The Morgan fingerprint density at radius 3 is 2.89 bits per heavy atom. The van der Waals surface area contributed by atoms with Gasteiger partial charge in [0.25, 0.3) is 0 Å². The molecule has 1 heterocycles. The summed E-state index contributed by atoms with van der Waals surface area (Å²) in [6.45, 7) is 4.32. The maximum atomic E-state index is 11.9. The molecule has 18 heavy (non-hydrogen) atoms.